The number of aryl methyl sites for hydroxylation is 1. The molecule has 0 bridgehead atoms. The van der Waals surface area contributed by atoms with Gasteiger partial charge in [0.2, 0.25) is 0 Å². The highest BCUT2D eigenvalue weighted by atomic mass is 16.2. The van der Waals surface area contributed by atoms with E-state index in [0.29, 0.717) is 23.7 Å². The monoisotopic (exact) mass is 375 g/mol. The Morgan fingerprint density at radius 1 is 1.18 bits per heavy atom. The highest BCUT2D eigenvalue weighted by molar-refractivity contribution is 5.94. The molecule has 4 aromatic rings. The topological polar surface area (TPSA) is 90.0 Å². The van der Waals surface area contributed by atoms with Gasteiger partial charge in [-0.25, -0.2) is 4.98 Å². The molecular weight excluding hydrogens is 354 g/mol. The van der Waals surface area contributed by atoms with Crippen LogP contribution in [0, 0.1) is 12.8 Å². The molecule has 0 aliphatic carbocycles. The van der Waals surface area contributed by atoms with Crippen molar-refractivity contribution >= 4 is 11.7 Å². The summed E-state index contributed by atoms with van der Waals surface area (Å²) in [6, 6.07) is 13.4. The second-order valence-electron chi connectivity index (χ2n) is 6.83. The van der Waals surface area contributed by atoms with E-state index in [2.05, 4.69) is 32.4 Å². The number of nitrogens with zero attached hydrogens (tertiary/aromatic N) is 6. The standard InChI is InChI=1S/C20H21N7O/c1-14(12-26-15(2)8-9-23-26)11-21-19(28)18-10-17(16-6-4-3-5-7-16)25-20-22-13-24-27(18)20/h3-10,13-14H,11-12H2,1-2H3,(H,21,28)/t14-/m1/s1. The van der Waals surface area contributed by atoms with Gasteiger partial charge in [-0.3, -0.25) is 9.48 Å². The summed E-state index contributed by atoms with van der Waals surface area (Å²) in [5.74, 6) is 0.412. The van der Waals surface area contributed by atoms with Gasteiger partial charge in [0.1, 0.15) is 12.0 Å². The average molecular weight is 375 g/mol. The van der Waals surface area contributed by atoms with Gasteiger partial charge in [0.05, 0.1) is 5.69 Å². The molecular formula is C20H21N7O. The van der Waals surface area contributed by atoms with Gasteiger partial charge in [0, 0.05) is 30.5 Å². The predicted octanol–water partition coefficient (Wildman–Crippen LogP) is 2.36. The lowest BCUT2D eigenvalue weighted by Crippen LogP contribution is -2.31. The average Bonchev–Trinajstić information content (AvgIpc) is 3.35. The molecule has 0 saturated heterocycles. The molecule has 0 saturated carbocycles. The van der Waals surface area contributed by atoms with Gasteiger partial charge in [-0.1, -0.05) is 37.3 Å². The van der Waals surface area contributed by atoms with E-state index in [-0.39, 0.29) is 11.8 Å². The summed E-state index contributed by atoms with van der Waals surface area (Å²) >= 11 is 0. The van der Waals surface area contributed by atoms with Gasteiger partial charge in [0.15, 0.2) is 0 Å². The molecule has 1 N–H and O–H groups in total. The third kappa shape index (κ3) is 3.62. The van der Waals surface area contributed by atoms with E-state index < -0.39 is 0 Å². The van der Waals surface area contributed by atoms with E-state index in [9.17, 15) is 4.79 Å². The van der Waals surface area contributed by atoms with Crippen LogP contribution < -0.4 is 5.32 Å². The molecule has 0 spiro atoms. The summed E-state index contributed by atoms with van der Waals surface area (Å²) in [7, 11) is 0. The number of hydrogen-bond donors (Lipinski definition) is 1. The van der Waals surface area contributed by atoms with Gasteiger partial charge in [0.25, 0.3) is 11.7 Å². The molecule has 0 aliphatic rings. The summed E-state index contributed by atoms with van der Waals surface area (Å²) in [5, 5.41) is 11.4. The number of fused-ring (bicyclic) bond motifs is 1. The Kier molecular flexibility index (Phi) is 4.84. The molecule has 8 heteroatoms. The van der Waals surface area contributed by atoms with Gasteiger partial charge in [-0.15, -0.1) is 0 Å². The molecule has 1 amide bonds. The Bertz CT molecular complexity index is 1100. The van der Waals surface area contributed by atoms with Gasteiger partial charge >= 0.3 is 0 Å². The van der Waals surface area contributed by atoms with Crippen LogP contribution in [0.1, 0.15) is 23.1 Å². The van der Waals surface area contributed by atoms with Gasteiger partial charge in [-0.05, 0) is 25.0 Å². The van der Waals surface area contributed by atoms with E-state index in [1.165, 1.54) is 10.8 Å². The number of aromatic nitrogens is 6. The third-order valence-electron chi connectivity index (χ3n) is 4.58. The molecule has 0 fully saturated rings. The van der Waals surface area contributed by atoms with Crippen molar-refractivity contribution in [1.29, 1.82) is 0 Å². The third-order valence-corrected chi connectivity index (χ3v) is 4.58. The smallest absolute Gasteiger partial charge is 0.270 e. The van der Waals surface area contributed by atoms with Crippen molar-refractivity contribution in [2.24, 2.45) is 5.92 Å². The minimum Gasteiger partial charge on any atom is -0.350 e. The van der Waals surface area contributed by atoms with E-state index in [1.54, 1.807) is 12.3 Å². The van der Waals surface area contributed by atoms with Crippen LogP contribution in [0.5, 0.6) is 0 Å². The predicted molar refractivity (Wildman–Crippen MR) is 105 cm³/mol. The molecule has 142 valence electrons. The normalized spacial score (nSPS) is 12.2. The highest BCUT2D eigenvalue weighted by Gasteiger charge is 2.16. The van der Waals surface area contributed by atoms with Crippen LogP contribution in [-0.4, -0.2) is 41.8 Å². The lowest BCUT2D eigenvalue weighted by Gasteiger charge is -2.14. The summed E-state index contributed by atoms with van der Waals surface area (Å²) < 4.78 is 3.40. The maximum atomic E-state index is 12.9. The van der Waals surface area contributed by atoms with E-state index >= 15 is 0 Å². The SMILES string of the molecule is Cc1ccnn1C[C@H](C)CNC(=O)c1cc(-c2ccccc2)nc2ncnn12. The molecule has 3 aromatic heterocycles. The zero-order valence-electron chi connectivity index (χ0n) is 15.8. The molecule has 1 aromatic carbocycles. The summed E-state index contributed by atoms with van der Waals surface area (Å²) in [6.07, 6.45) is 3.18. The summed E-state index contributed by atoms with van der Waals surface area (Å²) in [5.41, 5.74) is 3.11. The largest absolute Gasteiger partial charge is 0.350 e. The fourth-order valence-corrected chi connectivity index (χ4v) is 3.04. The van der Waals surface area contributed by atoms with Crippen LogP contribution in [-0.2, 0) is 6.54 Å². The minimum atomic E-state index is -0.209. The van der Waals surface area contributed by atoms with Crippen molar-refractivity contribution in [3.05, 3.63) is 66.4 Å². The number of amides is 1. The van der Waals surface area contributed by atoms with Crippen molar-refractivity contribution in [1.82, 2.24) is 34.7 Å². The lowest BCUT2D eigenvalue weighted by molar-refractivity contribution is 0.0939. The molecule has 1 atom stereocenters. The Balaban J connectivity index is 1.53. The van der Waals surface area contributed by atoms with Crippen LogP contribution in [0.25, 0.3) is 17.0 Å². The molecule has 3 heterocycles. The number of rotatable bonds is 6. The Morgan fingerprint density at radius 3 is 2.75 bits per heavy atom. The molecule has 0 unspecified atom stereocenters. The number of carbonyl (C=O) groups excluding carboxylic acids is 1. The first-order valence-corrected chi connectivity index (χ1v) is 9.14. The van der Waals surface area contributed by atoms with Gasteiger partial charge < -0.3 is 5.32 Å². The van der Waals surface area contributed by atoms with Crippen LogP contribution in [0.4, 0.5) is 0 Å². The molecule has 28 heavy (non-hydrogen) atoms. The van der Waals surface area contributed by atoms with Crippen molar-refractivity contribution in [3.8, 4) is 11.3 Å². The molecule has 4 rings (SSSR count). The van der Waals surface area contributed by atoms with Crippen LogP contribution in [0.3, 0.4) is 0 Å². The van der Waals surface area contributed by atoms with E-state index in [0.717, 1.165) is 17.8 Å². The quantitative estimate of drug-likeness (QED) is 0.559. The first-order chi connectivity index (χ1) is 13.6. The van der Waals surface area contributed by atoms with Crippen LogP contribution in [0.2, 0.25) is 0 Å². The second-order valence-corrected chi connectivity index (χ2v) is 6.83. The molecule has 0 aliphatic heterocycles. The zero-order valence-corrected chi connectivity index (χ0v) is 15.8. The molecule has 8 nitrogen and oxygen atoms in total. The fraction of sp³-hybridized carbons (Fsp3) is 0.250. The summed E-state index contributed by atoms with van der Waals surface area (Å²) in [6.45, 7) is 5.36. The van der Waals surface area contributed by atoms with Crippen molar-refractivity contribution in [2.75, 3.05) is 6.54 Å². The van der Waals surface area contributed by atoms with E-state index in [1.807, 2.05) is 48.0 Å². The van der Waals surface area contributed by atoms with E-state index in [4.69, 9.17) is 0 Å². The second kappa shape index (κ2) is 7.59. The lowest BCUT2D eigenvalue weighted by atomic mass is 10.1. The highest BCUT2D eigenvalue weighted by Crippen LogP contribution is 2.18. The maximum Gasteiger partial charge on any atom is 0.270 e. The Hall–Kier alpha value is -3.55. The fourth-order valence-electron chi connectivity index (χ4n) is 3.04. The van der Waals surface area contributed by atoms with Crippen molar-refractivity contribution in [3.63, 3.8) is 0 Å². The number of benzene rings is 1. The van der Waals surface area contributed by atoms with Crippen molar-refractivity contribution < 1.29 is 4.79 Å². The van der Waals surface area contributed by atoms with Crippen LogP contribution >= 0.6 is 0 Å². The number of carbonyl (C=O) groups is 1. The molecule has 0 radical (unpaired) electrons. The maximum absolute atomic E-state index is 12.9. The zero-order chi connectivity index (χ0) is 19.5. The first-order valence-electron chi connectivity index (χ1n) is 9.14. The summed E-state index contributed by atoms with van der Waals surface area (Å²) in [4.78, 5) is 21.5. The number of hydrogen-bond acceptors (Lipinski definition) is 5. The minimum absolute atomic E-state index is 0.209. The number of nitrogens with one attached hydrogen (secondary N) is 1. The Labute approximate surface area is 162 Å². The first kappa shape index (κ1) is 17.8. The van der Waals surface area contributed by atoms with Gasteiger partial charge in [-0.2, -0.15) is 19.7 Å². The van der Waals surface area contributed by atoms with Crippen molar-refractivity contribution in [2.45, 2.75) is 20.4 Å². The van der Waals surface area contributed by atoms with Crippen LogP contribution in [0.15, 0.2) is 55.0 Å². The Morgan fingerprint density at radius 2 is 2.00 bits per heavy atom.